The summed E-state index contributed by atoms with van der Waals surface area (Å²) in [7, 11) is 0. The Morgan fingerprint density at radius 2 is 1.84 bits per heavy atom. The average molecular weight is 686 g/mol. The van der Waals surface area contributed by atoms with Gasteiger partial charge in [0.1, 0.15) is 17.4 Å². The van der Waals surface area contributed by atoms with Gasteiger partial charge in [0.05, 0.1) is 50.4 Å². The zero-order valence-electron chi connectivity index (χ0n) is 25.4. The van der Waals surface area contributed by atoms with Crippen molar-refractivity contribution in [3.05, 3.63) is 60.2 Å². The van der Waals surface area contributed by atoms with Crippen LogP contribution >= 0.6 is 15.9 Å². The Hall–Kier alpha value is -3.03. The van der Waals surface area contributed by atoms with Gasteiger partial charge in [-0.1, -0.05) is 46.3 Å². The van der Waals surface area contributed by atoms with E-state index in [9.17, 15) is 19.5 Å². The number of hydrogen-bond donors (Lipinski definition) is 3. The van der Waals surface area contributed by atoms with Gasteiger partial charge >= 0.3 is 0 Å². The van der Waals surface area contributed by atoms with E-state index in [2.05, 4.69) is 31.5 Å². The Morgan fingerprint density at radius 1 is 1.11 bits per heavy atom. The van der Waals surface area contributed by atoms with Crippen molar-refractivity contribution in [1.82, 2.24) is 15.1 Å². The smallest absolute Gasteiger partial charge is 0.245 e. The first-order valence-corrected chi connectivity index (χ1v) is 16.7. The summed E-state index contributed by atoms with van der Waals surface area (Å²) >= 11 is 3.73. The average Bonchev–Trinajstić information content (AvgIpc) is 3.65. The van der Waals surface area contributed by atoms with Crippen molar-refractivity contribution in [3.8, 4) is 5.75 Å². The molecule has 0 aromatic heterocycles. The molecule has 7 atom stereocenters. The molecule has 1 spiro atoms. The van der Waals surface area contributed by atoms with Crippen molar-refractivity contribution in [2.24, 2.45) is 11.8 Å². The zero-order chi connectivity index (χ0) is 31.6. The number of likely N-dealkylation sites (tertiary alicyclic amines) is 1. The van der Waals surface area contributed by atoms with Crippen LogP contribution in [0.25, 0.3) is 0 Å². The standard InChI is InChI=1S/C33H41BrN4O7/c1-2-44-24-10-8-22(9-11-24)36-30(40)26-27-32(42)38(23(20-39)18-21-6-4-3-5-7-21)29(33(27)19-25(34)28(26)45-33)31(41)35-12-13-37-14-16-43-17-15-37/h3-11,23,25-29,39H,2,12-20H2,1H3,(H,35,41)(H,36,40)/t23-,25?,26+,27+,28+,29?,33?/m1/s1. The summed E-state index contributed by atoms with van der Waals surface area (Å²) in [5.74, 6) is -2.03. The third-order valence-corrected chi connectivity index (χ3v) is 10.3. The van der Waals surface area contributed by atoms with E-state index in [4.69, 9.17) is 14.2 Å². The molecule has 3 N–H and O–H groups in total. The molecule has 6 rings (SSSR count). The number of halogens is 1. The molecule has 3 amide bonds. The maximum absolute atomic E-state index is 14.5. The summed E-state index contributed by atoms with van der Waals surface area (Å²) in [4.78, 5) is 46.1. The number of carbonyl (C=O) groups excluding carboxylic acids is 3. The van der Waals surface area contributed by atoms with Gasteiger partial charge in [-0.2, -0.15) is 0 Å². The van der Waals surface area contributed by atoms with Crippen LogP contribution in [0.3, 0.4) is 0 Å². The lowest BCUT2D eigenvalue weighted by Crippen LogP contribution is -2.59. The number of rotatable bonds is 12. The van der Waals surface area contributed by atoms with Crippen LogP contribution in [0.1, 0.15) is 18.9 Å². The quantitative estimate of drug-likeness (QED) is 0.289. The first-order chi connectivity index (χ1) is 21.9. The summed E-state index contributed by atoms with van der Waals surface area (Å²) in [6, 6.07) is 15.0. The van der Waals surface area contributed by atoms with Crippen molar-refractivity contribution >= 4 is 39.3 Å². The van der Waals surface area contributed by atoms with Crippen molar-refractivity contribution < 1.29 is 33.7 Å². The molecule has 0 aliphatic carbocycles. The fourth-order valence-electron chi connectivity index (χ4n) is 7.48. The second-order valence-corrected chi connectivity index (χ2v) is 13.3. The van der Waals surface area contributed by atoms with E-state index in [1.165, 1.54) is 4.90 Å². The summed E-state index contributed by atoms with van der Waals surface area (Å²) < 4.78 is 17.6. The van der Waals surface area contributed by atoms with E-state index in [0.717, 1.165) is 18.7 Å². The molecule has 4 aliphatic rings. The van der Waals surface area contributed by atoms with Crippen molar-refractivity contribution in [1.29, 1.82) is 0 Å². The molecule has 0 saturated carbocycles. The first kappa shape index (κ1) is 31.9. The van der Waals surface area contributed by atoms with Gasteiger partial charge in [-0.3, -0.25) is 19.3 Å². The molecule has 12 heteroatoms. The van der Waals surface area contributed by atoms with Crippen LogP contribution in [0, 0.1) is 11.8 Å². The molecule has 2 aromatic rings. The minimum absolute atomic E-state index is 0.233. The molecule has 2 bridgehead atoms. The van der Waals surface area contributed by atoms with Crippen LogP contribution in [0.2, 0.25) is 0 Å². The van der Waals surface area contributed by atoms with Gasteiger partial charge in [0, 0.05) is 36.7 Å². The Kier molecular flexibility index (Phi) is 9.76. The van der Waals surface area contributed by atoms with Gasteiger partial charge in [0.15, 0.2) is 0 Å². The largest absolute Gasteiger partial charge is 0.494 e. The van der Waals surface area contributed by atoms with Crippen LogP contribution in [0.5, 0.6) is 5.75 Å². The number of morpholine rings is 1. The molecule has 0 radical (unpaired) electrons. The number of alkyl halides is 1. The highest BCUT2D eigenvalue weighted by Crippen LogP contribution is 2.60. The molecular formula is C33H41BrN4O7. The lowest BCUT2D eigenvalue weighted by molar-refractivity contribution is -0.145. The Bertz CT molecular complexity index is 1360. The summed E-state index contributed by atoms with van der Waals surface area (Å²) in [6.45, 7) is 6.03. The molecule has 4 fully saturated rings. The van der Waals surface area contributed by atoms with Gasteiger partial charge in [-0.25, -0.2) is 0 Å². The van der Waals surface area contributed by atoms with Crippen molar-refractivity contribution in [2.75, 3.05) is 57.9 Å². The molecule has 4 saturated heterocycles. The number of benzene rings is 2. The maximum Gasteiger partial charge on any atom is 0.245 e. The van der Waals surface area contributed by atoms with E-state index in [1.54, 1.807) is 24.3 Å². The molecule has 242 valence electrons. The number of fused-ring (bicyclic) bond motifs is 1. The number of carbonyl (C=O) groups is 3. The number of amides is 3. The summed E-state index contributed by atoms with van der Waals surface area (Å²) in [5.41, 5.74) is 0.284. The van der Waals surface area contributed by atoms with E-state index in [0.29, 0.717) is 57.2 Å². The number of nitrogens with one attached hydrogen (secondary N) is 2. The van der Waals surface area contributed by atoms with Crippen molar-refractivity contribution in [3.63, 3.8) is 0 Å². The number of anilines is 1. The van der Waals surface area contributed by atoms with Crippen LogP contribution in [0.4, 0.5) is 5.69 Å². The van der Waals surface area contributed by atoms with Crippen LogP contribution in [-0.2, 0) is 30.3 Å². The monoisotopic (exact) mass is 684 g/mol. The second kappa shape index (κ2) is 13.8. The normalized spacial score (nSPS) is 29.8. The second-order valence-electron chi connectivity index (χ2n) is 12.1. The van der Waals surface area contributed by atoms with E-state index in [1.807, 2.05) is 37.3 Å². The highest BCUT2D eigenvalue weighted by Gasteiger charge is 2.77. The number of ether oxygens (including phenoxy) is 3. The van der Waals surface area contributed by atoms with E-state index >= 15 is 0 Å². The fraction of sp³-hybridized carbons (Fsp3) is 0.545. The fourth-order valence-corrected chi connectivity index (χ4v) is 8.43. The lowest BCUT2D eigenvalue weighted by Gasteiger charge is -2.37. The number of aliphatic hydroxyl groups excluding tert-OH is 1. The highest BCUT2D eigenvalue weighted by molar-refractivity contribution is 9.09. The van der Waals surface area contributed by atoms with Gasteiger partial charge in [-0.05, 0) is 49.6 Å². The van der Waals surface area contributed by atoms with Gasteiger partial charge in [0.2, 0.25) is 17.7 Å². The summed E-state index contributed by atoms with van der Waals surface area (Å²) in [6.07, 6.45) is 0.157. The number of hydrogen-bond acceptors (Lipinski definition) is 8. The van der Waals surface area contributed by atoms with Gasteiger partial charge in [0.25, 0.3) is 0 Å². The third-order valence-electron chi connectivity index (χ3n) is 9.46. The zero-order valence-corrected chi connectivity index (χ0v) is 27.0. The molecule has 4 aliphatic heterocycles. The van der Waals surface area contributed by atoms with Crippen LogP contribution in [0.15, 0.2) is 54.6 Å². The minimum atomic E-state index is -1.22. The Balaban J connectivity index is 1.28. The van der Waals surface area contributed by atoms with E-state index < -0.39 is 35.6 Å². The Morgan fingerprint density at radius 3 is 2.53 bits per heavy atom. The first-order valence-electron chi connectivity index (χ1n) is 15.8. The molecule has 2 aromatic carbocycles. The minimum Gasteiger partial charge on any atom is -0.494 e. The molecule has 4 heterocycles. The highest BCUT2D eigenvalue weighted by atomic mass is 79.9. The molecule has 3 unspecified atom stereocenters. The maximum atomic E-state index is 14.5. The Labute approximate surface area is 271 Å². The summed E-state index contributed by atoms with van der Waals surface area (Å²) in [5, 5.41) is 16.7. The van der Waals surface area contributed by atoms with E-state index in [-0.39, 0.29) is 29.2 Å². The lowest BCUT2D eigenvalue weighted by atomic mass is 9.70. The molecule has 11 nitrogen and oxygen atoms in total. The van der Waals surface area contributed by atoms with Crippen molar-refractivity contribution in [2.45, 2.75) is 48.4 Å². The molecular weight excluding hydrogens is 644 g/mol. The van der Waals surface area contributed by atoms with Gasteiger partial charge in [-0.15, -0.1) is 0 Å². The SMILES string of the molecule is CCOc1ccc(NC(=O)[C@H]2[C@H]3C(=O)N([C@@H](CO)Cc4ccccc4)C(C(=O)NCCN4CCOCC4)C34CC(Br)[C@@H]2O4)cc1. The molecule has 45 heavy (non-hydrogen) atoms. The van der Waals surface area contributed by atoms with Gasteiger partial charge < -0.3 is 34.9 Å². The predicted octanol–water partition coefficient (Wildman–Crippen LogP) is 1.82. The topological polar surface area (TPSA) is 130 Å². The predicted molar refractivity (Wildman–Crippen MR) is 170 cm³/mol. The number of aliphatic hydroxyl groups is 1. The van der Waals surface area contributed by atoms with Crippen LogP contribution in [-0.4, -0.2) is 114 Å². The third kappa shape index (κ3) is 6.23. The number of nitrogens with zero attached hydrogens (tertiary/aromatic N) is 2. The van der Waals surface area contributed by atoms with Crippen LogP contribution < -0.4 is 15.4 Å².